The number of anilines is 1. The Bertz CT molecular complexity index is 1010. The van der Waals surface area contributed by atoms with Gasteiger partial charge in [0.05, 0.1) is 0 Å². The molecule has 0 radical (unpaired) electrons. The van der Waals surface area contributed by atoms with E-state index in [1.165, 1.54) is 41.1 Å². The lowest BCUT2D eigenvalue weighted by Gasteiger charge is -2.12. The molecule has 0 aliphatic rings. The lowest BCUT2D eigenvalue weighted by atomic mass is 10.2. The van der Waals surface area contributed by atoms with E-state index in [0.717, 1.165) is 0 Å². The number of rotatable bonds is 3. The topological polar surface area (TPSA) is 84.2 Å². The van der Waals surface area contributed by atoms with E-state index in [9.17, 15) is 19.1 Å². The van der Waals surface area contributed by atoms with Gasteiger partial charge in [0.1, 0.15) is 17.3 Å². The van der Waals surface area contributed by atoms with Crippen molar-refractivity contribution in [3.05, 3.63) is 82.0 Å². The third kappa shape index (κ3) is 3.40. The normalized spacial score (nSPS) is 10.5. The number of amides is 1. The van der Waals surface area contributed by atoms with Gasteiger partial charge < -0.3 is 10.4 Å². The van der Waals surface area contributed by atoms with Crippen LogP contribution in [0.2, 0.25) is 0 Å². The van der Waals surface area contributed by atoms with Crippen molar-refractivity contribution >= 4 is 11.6 Å². The SMILES string of the molecule is Cc1cc(=O)c(C(=O)Nc2cccc(O)c2)nn1-c1ccccc1F. The third-order valence-corrected chi connectivity index (χ3v) is 3.51. The highest BCUT2D eigenvalue weighted by atomic mass is 19.1. The molecule has 0 fully saturated rings. The zero-order valence-electron chi connectivity index (χ0n) is 13.2. The molecule has 126 valence electrons. The summed E-state index contributed by atoms with van der Waals surface area (Å²) >= 11 is 0. The first kappa shape index (κ1) is 16.4. The molecule has 2 N–H and O–H groups in total. The minimum Gasteiger partial charge on any atom is -0.508 e. The highest BCUT2D eigenvalue weighted by Crippen LogP contribution is 2.16. The maximum absolute atomic E-state index is 14.0. The number of nitrogens with zero attached hydrogens (tertiary/aromatic N) is 2. The van der Waals surface area contributed by atoms with Crippen LogP contribution < -0.4 is 10.7 Å². The Kier molecular flexibility index (Phi) is 4.30. The van der Waals surface area contributed by atoms with Gasteiger partial charge in [-0.05, 0) is 31.2 Å². The number of nitrogens with one attached hydrogen (secondary N) is 1. The van der Waals surface area contributed by atoms with E-state index >= 15 is 0 Å². The fourth-order valence-corrected chi connectivity index (χ4v) is 2.35. The lowest BCUT2D eigenvalue weighted by Crippen LogP contribution is -2.27. The Balaban J connectivity index is 2.02. The summed E-state index contributed by atoms with van der Waals surface area (Å²) in [4.78, 5) is 24.5. The Hall–Kier alpha value is -3.48. The molecule has 1 amide bonds. The van der Waals surface area contributed by atoms with Gasteiger partial charge in [-0.15, -0.1) is 0 Å². The molecule has 0 aliphatic heterocycles. The summed E-state index contributed by atoms with van der Waals surface area (Å²) in [5.74, 6) is -1.31. The fraction of sp³-hybridized carbons (Fsp3) is 0.0556. The molecule has 0 bridgehead atoms. The van der Waals surface area contributed by atoms with Crippen LogP contribution >= 0.6 is 0 Å². The molecule has 1 aromatic heterocycles. The second-order valence-corrected chi connectivity index (χ2v) is 5.37. The predicted molar refractivity (Wildman–Crippen MR) is 90.6 cm³/mol. The predicted octanol–water partition coefficient (Wildman–Crippen LogP) is 2.64. The van der Waals surface area contributed by atoms with Crippen molar-refractivity contribution in [1.82, 2.24) is 9.78 Å². The molecule has 6 nitrogen and oxygen atoms in total. The molecule has 0 saturated heterocycles. The first-order valence-corrected chi connectivity index (χ1v) is 7.42. The number of halogens is 1. The molecule has 3 aromatic rings. The van der Waals surface area contributed by atoms with Crippen LogP contribution in [0.25, 0.3) is 5.69 Å². The van der Waals surface area contributed by atoms with Crippen molar-refractivity contribution < 1.29 is 14.3 Å². The van der Waals surface area contributed by atoms with E-state index in [1.54, 1.807) is 25.1 Å². The Morgan fingerprint density at radius 1 is 1.16 bits per heavy atom. The number of phenolic OH excluding ortho intramolecular Hbond substituents is 1. The number of carbonyl (C=O) groups excluding carboxylic acids is 1. The van der Waals surface area contributed by atoms with Crippen LogP contribution in [-0.4, -0.2) is 20.8 Å². The quantitative estimate of drug-likeness (QED) is 0.768. The summed E-state index contributed by atoms with van der Waals surface area (Å²) in [7, 11) is 0. The van der Waals surface area contributed by atoms with Crippen molar-refractivity contribution in [1.29, 1.82) is 0 Å². The van der Waals surface area contributed by atoms with E-state index in [1.807, 2.05) is 0 Å². The second-order valence-electron chi connectivity index (χ2n) is 5.37. The van der Waals surface area contributed by atoms with Crippen molar-refractivity contribution in [3.8, 4) is 11.4 Å². The first-order valence-electron chi connectivity index (χ1n) is 7.42. The van der Waals surface area contributed by atoms with E-state index < -0.39 is 17.2 Å². The maximum atomic E-state index is 14.0. The van der Waals surface area contributed by atoms with Gasteiger partial charge in [-0.3, -0.25) is 9.59 Å². The molecular formula is C18H14FN3O3. The number of hydrogen-bond acceptors (Lipinski definition) is 4. The van der Waals surface area contributed by atoms with Crippen LogP contribution in [0, 0.1) is 12.7 Å². The number of carbonyl (C=O) groups is 1. The Labute approximate surface area is 142 Å². The summed E-state index contributed by atoms with van der Waals surface area (Å²) < 4.78 is 15.2. The molecule has 25 heavy (non-hydrogen) atoms. The molecule has 0 aliphatic carbocycles. The van der Waals surface area contributed by atoms with Crippen LogP contribution in [0.4, 0.5) is 10.1 Å². The Morgan fingerprint density at radius 2 is 1.92 bits per heavy atom. The molecule has 2 aromatic carbocycles. The average Bonchev–Trinajstić information content (AvgIpc) is 2.56. The van der Waals surface area contributed by atoms with Crippen LogP contribution in [0.1, 0.15) is 16.2 Å². The zero-order valence-corrected chi connectivity index (χ0v) is 13.2. The van der Waals surface area contributed by atoms with Crippen molar-refractivity contribution in [3.63, 3.8) is 0 Å². The first-order chi connectivity index (χ1) is 12.0. The Morgan fingerprint density at radius 3 is 2.64 bits per heavy atom. The minimum absolute atomic E-state index is 0.0292. The highest BCUT2D eigenvalue weighted by Gasteiger charge is 2.17. The lowest BCUT2D eigenvalue weighted by molar-refractivity contribution is 0.101. The number of phenols is 1. The van der Waals surface area contributed by atoms with Gasteiger partial charge in [0.25, 0.3) is 5.91 Å². The fourth-order valence-electron chi connectivity index (χ4n) is 2.35. The highest BCUT2D eigenvalue weighted by molar-refractivity contribution is 6.02. The van der Waals surface area contributed by atoms with Gasteiger partial charge in [-0.25, -0.2) is 9.07 Å². The van der Waals surface area contributed by atoms with Crippen LogP contribution in [-0.2, 0) is 0 Å². The minimum atomic E-state index is -0.749. The van der Waals surface area contributed by atoms with Gasteiger partial charge >= 0.3 is 0 Å². The van der Waals surface area contributed by atoms with Gasteiger partial charge in [-0.2, -0.15) is 5.10 Å². The number of aromatic nitrogens is 2. The average molecular weight is 339 g/mol. The van der Waals surface area contributed by atoms with E-state index in [2.05, 4.69) is 10.4 Å². The van der Waals surface area contributed by atoms with E-state index in [-0.39, 0.29) is 17.1 Å². The number of aryl methyl sites for hydroxylation is 1. The van der Waals surface area contributed by atoms with Crippen LogP contribution in [0.15, 0.2) is 59.4 Å². The van der Waals surface area contributed by atoms with Gasteiger partial charge in [0.15, 0.2) is 5.69 Å². The third-order valence-electron chi connectivity index (χ3n) is 3.51. The van der Waals surface area contributed by atoms with Crippen LogP contribution in [0.5, 0.6) is 5.75 Å². The van der Waals surface area contributed by atoms with Gasteiger partial charge in [0.2, 0.25) is 5.43 Å². The van der Waals surface area contributed by atoms with Crippen molar-refractivity contribution in [2.45, 2.75) is 6.92 Å². The summed E-state index contributed by atoms with van der Waals surface area (Å²) in [6.07, 6.45) is 0. The van der Waals surface area contributed by atoms with E-state index in [0.29, 0.717) is 11.4 Å². The summed E-state index contributed by atoms with van der Waals surface area (Å²) in [6.45, 7) is 1.59. The van der Waals surface area contributed by atoms with Crippen LogP contribution in [0.3, 0.4) is 0 Å². The number of hydrogen-bond donors (Lipinski definition) is 2. The van der Waals surface area contributed by atoms with Gasteiger partial charge in [0, 0.05) is 23.5 Å². The van der Waals surface area contributed by atoms with Crippen molar-refractivity contribution in [2.75, 3.05) is 5.32 Å². The van der Waals surface area contributed by atoms with E-state index in [4.69, 9.17) is 0 Å². The standard InChI is InChI=1S/C18H14FN3O3/c1-11-9-16(24)17(18(25)20-12-5-4-6-13(23)10-12)21-22(11)15-8-3-2-7-14(15)19/h2-10,23H,1H3,(H,20,25). The molecule has 0 unspecified atom stereocenters. The summed E-state index contributed by atoms with van der Waals surface area (Å²) in [5.41, 5.74) is -0.125. The molecule has 0 atom stereocenters. The summed E-state index contributed by atoms with van der Waals surface area (Å²) in [5, 5.41) is 15.9. The largest absolute Gasteiger partial charge is 0.508 e. The molecule has 0 spiro atoms. The molecule has 1 heterocycles. The molecule has 0 saturated carbocycles. The molecule has 3 rings (SSSR count). The smallest absolute Gasteiger partial charge is 0.280 e. The van der Waals surface area contributed by atoms with Gasteiger partial charge in [-0.1, -0.05) is 18.2 Å². The number of aromatic hydroxyl groups is 1. The maximum Gasteiger partial charge on any atom is 0.280 e. The zero-order chi connectivity index (χ0) is 18.0. The summed E-state index contributed by atoms with van der Waals surface area (Å²) in [6, 6.07) is 13.0. The monoisotopic (exact) mass is 339 g/mol. The number of para-hydroxylation sites is 1. The van der Waals surface area contributed by atoms with Crippen molar-refractivity contribution in [2.24, 2.45) is 0 Å². The molecule has 7 heteroatoms. The molecular weight excluding hydrogens is 325 g/mol. The second kappa shape index (κ2) is 6.56. The number of benzene rings is 2.